The summed E-state index contributed by atoms with van der Waals surface area (Å²) in [6.45, 7) is 6.14. The van der Waals surface area contributed by atoms with E-state index in [1.807, 2.05) is 20.8 Å². The van der Waals surface area contributed by atoms with E-state index in [-0.39, 0.29) is 16.7 Å². The van der Waals surface area contributed by atoms with Crippen molar-refractivity contribution in [2.24, 2.45) is 5.41 Å². The van der Waals surface area contributed by atoms with E-state index in [1.54, 1.807) is 0 Å². The van der Waals surface area contributed by atoms with Crippen LogP contribution >= 0.6 is 0 Å². The number of rotatable bonds is 3. The predicted octanol–water partition coefficient (Wildman–Crippen LogP) is 3.95. The van der Waals surface area contributed by atoms with Crippen LogP contribution in [0.1, 0.15) is 32.8 Å². The highest BCUT2D eigenvalue weighted by Crippen LogP contribution is 2.26. The molecule has 0 spiro atoms. The Kier molecular flexibility index (Phi) is 3.89. The maximum atomic E-state index is 13.6. The molecule has 0 N–H and O–H groups in total. The van der Waals surface area contributed by atoms with Crippen molar-refractivity contribution in [2.75, 3.05) is 7.11 Å². The van der Waals surface area contributed by atoms with Crippen LogP contribution in [0.4, 0.5) is 8.78 Å². The Morgan fingerprint density at radius 1 is 1.12 bits per heavy atom. The molecule has 0 unspecified atom stereocenters. The summed E-state index contributed by atoms with van der Waals surface area (Å²) in [4.78, 5) is 0. The van der Waals surface area contributed by atoms with Gasteiger partial charge in [0.1, 0.15) is 17.4 Å². The van der Waals surface area contributed by atoms with Gasteiger partial charge < -0.3 is 4.74 Å². The number of hydrogen-bond acceptors (Lipinski definition) is 1. The van der Waals surface area contributed by atoms with Crippen molar-refractivity contribution in [1.82, 2.24) is 0 Å². The van der Waals surface area contributed by atoms with Gasteiger partial charge in [-0.15, -0.1) is 0 Å². The molecule has 3 heteroatoms. The number of ether oxygens (including phenoxy) is 1. The molecule has 0 fully saturated rings. The van der Waals surface area contributed by atoms with Crippen LogP contribution < -0.4 is 4.74 Å². The van der Waals surface area contributed by atoms with Gasteiger partial charge in [0.05, 0.1) is 7.11 Å². The molecule has 0 aliphatic heterocycles. The van der Waals surface area contributed by atoms with Gasteiger partial charge in [-0.05, 0) is 18.3 Å². The molecule has 0 atom stereocenters. The first-order valence-corrected chi connectivity index (χ1v) is 5.35. The third-order valence-electron chi connectivity index (χ3n) is 2.48. The second-order valence-corrected chi connectivity index (χ2v) is 5.13. The molecule has 1 rings (SSSR count). The van der Waals surface area contributed by atoms with Crippen LogP contribution in [0.2, 0.25) is 0 Å². The Balaban J connectivity index is 2.88. The number of methoxy groups -OCH3 is 1. The van der Waals surface area contributed by atoms with Gasteiger partial charge >= 0.3 is 0 Å². The SMILES string of the molecule is COc1cc(F)c(CCC(C)(C)C)c(F)c1. The largest absolute Gasteiger partial charge is 0.497 e. The van der Waals surface area contributed by atoms with Gasteiger partial charge in [0.15, 0.2) is 0 Å². The molecule has 90 valence electrons. The lowest BCUT2D eigenvalue weighted by atomic mass is 9.88. The third-order valence-corrected chi connectivity index (χ3v) is 2.48. The predicted molar refractivity (Wildman–Crippen MR) is 60.7 cm³/mol. The summed E-state index contributed by atoms with van der Waals surface area (Å²) >= 11 is 0. The molecule has 0 aliphatic carbocycles. The van der Waals surface area contributed by atoms with Gasteiger partial charge in [0.25, 0.3) is 0 Å². The van der Waals surface area contributed by atoms with E-state index >= 15 is 0 Å². The maximum absolute atomic E-state index is 13.6. The maximum Gasteiger partial charge on any atom is 0.133 e. The summed E-state index contributed by atoms with van der Waals surface area (Å²) in [5.74, 6) is -0.836. The van der Waals surface area contributed by atoms with Crippen molar-refractivity contribution >= 4 is 0 Å². The summed E-state index contributed by atoms with van der Waals surface area (Å²) < 4.78 is 31.9. The molecule has 0 aliphatic rings. The molecule has 1 aromatic rings. The Morgan fingerprint density at radius 2 is 1.62 bits per heavy atom. The van der Waals surface area contributed by atoms with Crippen LogP contribution in [0.5, 0.6) is 5.75 Å². The van der Waals surface area contributed by atoms with Crippen LogP contribution in [0.15, 0.2) is 12.1 Å². The third kappa shape index (κ3) is 3.47. The van der Waals surface area contributed by atoms with E-state index in [0.717, 1.165) is 6.42 Å². The molecule has 0 bridgehead atoms. The van der Waals surface area contributed by atoms with Crippen LogP contribution in [0.3, 0.4) is 0 Å². The minimum absolute atomic E-state index is 0.0683. The average molecular weight is 228 g/mol. The van der Waals surface area contributed by atoms with E-state index in [9.17, 15) is 8.78 Å². The minimum Gasteiger partial charge on any atom is -0.497 e. The fraction of sp³-hybridized carbons (Fsp3) is 0.538. The van der Waals surface area contributed by atoms with Gasteiger partial charge in [-0.3, -0.25) is 0 Å². The second kappa shape index (κ2) is 4.81. The Bertz CT molecular complexity index is 344. The molecular weight excluding hydrogens is 210 g/mol. The molecule has 1 aromatic carbocycles. The van der Waals surface area contributed by atoms with Crippen molar-refractivity contribution in [3.05, 3.63) is 29.3 Å². The second-order valence-electron chi connectivity index (χ2n) is 5.13. The number of benzene rings is 1. The molecule has 1 nitrogen and oxygen atoms in total. The highest BCUT2D eigenvalue weighted by molar-refractivity contribution is 5.30. The summed E-state index contributed by atoms with van der Waals surface area (Å²) in [6, 6.07) is 2.45. The molecular formula is C13H18F2O. The van der Waals surface area contributed by atoms with E-state index in [1.165, 1.54) is 19.2 Å². The zero-order chi connectivity index (χ0) is 12.3. The number of hydrogen-bond donors (Lipinski definition) is 0. The Labute approximate surface area is 95.4 Å². The highest BCUT2D eigenvalue weighted by atomic mass is 19.1. The Morgan fingerprint density at radius 3 is 2.00 bits per heavy atom. The van der Waals surface area contributed by atoms with Gasteiger partial charge in [0.2, 0.25) is 0 Å². The molecule has 16 heavy (non-hydrogen) atoms. The zero-order valence-corrected chi connectivity index (χ0v) is 10.2. The van der Waals surface area contributed by atoms with Crippen LogP contribution in [0, 0.1) is 17.0 Å². The van der Waals surface area contributed by atoms with Gasteiger partial charge in [-0.1, -0.05) is 20.8 Å². The monoisotopic (exact) mass is 228 g/mol. The van der Waals surface area contributed by atoms with E-state index in [4.69, 9.17) is 4.74 Å². The summed E-state index contributed by atoms with van der Waals surface area (Å²) in [5, 5.41) is 0. The first-order chi connectivity index (χ1) is 7.33. The standard InChI is InChI=1S/C13H18F2O/c1-13(2,3)6-5-10-11(14)7-9(16-4)8-12(10)15/h7-8H,5-6H2,1-4H3. The lowest BCUT2D eigenvalue weighted by Crippen LogP contribution is -2.08. The van der Waals surface area contributed by atoms with Crippen molar-refractivity contribution in [3.8, 4) is 5.75 Å². The van der Waals surface area contributed by atoms with Crippen LogP contribution in [0.25, 0.3) is 0 Å². The minimum atomic E-state index is -0.527. The van der Waals surface area contributed by atoms with Crippen LogP contribution in [-0.2, 0) is 6.42 Å². The van der Waals surface area contributed by atoms with Gasteiger partial charge in [-0.25, -0.2) is 8.78 Å². The molecule has 0 saturated carbocycles. The van der Waals surface area contributed by atoms with Crippen molar-refractivity contribution in [1.29, 1.82) is 0 Å². The lowest BCUT2D eigenvalue weighted by Gasteiger charge is -2.18. The smallest absolute Gasteiger partial charge is 0.133 e. The lowest BCUT2D eigenvalue weighted by molar-refractivity contribution is 0.369. The fourth-order valence-electron chi connectivity index (χ4n) is 1.44. The normalized spacial score (nSPS) is 11.6. The Hall–Kier alpha value is -1.12. The van der Waals surface area contributed by atoms with E-state index in [2.05, 4.69) is 0 Å². The van der Waals surface area contributed by atoms with Crippen molar-refractivity contribution in [2.45, 2.75) is 33.6 Å². The zero-order valence-electron chi connectivity index (χ0n) is 10.2. The topological polar surface area (TPSA) is 9.23 Å². The average Bonchev–Trinajstić information content (AvgIpc) is 2.14. The van der Waals surface area contributed by atoms with Crippen LogP contribution in [-0.4, -0.2) is 7.11 Å². The molecule has 0 radical (unpaired) electrons. The molecule has 0 amide bonds. The highest BCUT2D eigenvalue weighted by Gasteiger charge is 2.16. The number of halogens is 2. The first kappa shape index (κ1) is 12.9. The van der Waals surface area contributed by atoms with E-state index < -0.39 is 11.6 Å². The van der Waals surface area contributed by atoms with Crippen molar-refractivity contribution < 1.29 is 13.5 Å². The van der Waals surface area contributed by atoms with Gasteiger partial charge in [0, 0.05) is 17.7 Å². The quantitative estimate of drug-likeness (QED) is 0.761. The molecule has 0 heterocycles. The molecule has 0 saturated heterocycles. The van der Waals surface area contributed by atoms with E-state index in [0.29, 0.717) is 6.42 Å². The van der Waals surface area contributed by atoms with Gasteiger partial charge in [-0.2, -0.15) is 0 Å². The summed E-state index contributed by atoms with van der Waals surface area (Å²) in [7, 11) is 1.39. The summed E-state index contributed by atoms with van der Waals surface area (Å²) in [5.41, 5.74) is 0.217. The first-order valence-electron chi connectivity index (χ1n) is 5.35. The fourth-order valence-corrected chi connectivity index (χ4v) is 1.44. The molecule has 0 aromatic heterocycles. The summed E-state index contributed by atoms with van der Waals surface area (Å²) in [6.07, 6.45) is 1.15. The van der Waals surface area contributed by atoms with Crippen molar-refractivity contribution in [3.63, 3.8) is 0 Å².